The molecule has 1 rings (SSSR count). The van der Waals surface area contributed by atoms with E-state index in [1.165, 1.54) is 57.8 Å². The van der Waals surface area contributed by atoms with Gasteiger partial charge in [0.05, 0.1) is 25.0 Å². The maximum Gasteiger partial charge on any atom is 0.313 e. The Labute approximate surface area is 210 Å². The molecule has 34 heavy (non-hydrogen) atoms. The molecule has 0 fully saturated rings. The lowest BCUT2D eigenvalue weighted by molar-refractivity contribution is -0.159. The standard InChI is InChI=1S/C30H54O4/c1-6-7-8-9-10-11-12-13-14-15-18-22-33-28(31)26-19-16-17-20-27(26)29(32)34-23-21-25(2)24-30(3,4)5/h17,20,25-27H,6-16,18-19,21-24H2,1-5H3. The lowest BCUT2D eigenvalue weighted by Gasteiger charge is -2.25. The van der Waals surface area contributed by atoms with Crippen LogP contribution in [0.2, 0.25) is 0 Å². The largest absolute Gasteiger partial charge is 0.465 e. The Bertz CT molecular complexity index is 575. The summed E-state index contributed by atoms with van der Waals surface area (Å²) >= 11 is 0. The van der Waals surface area contributed by atoms with E-state index in [1.54, 1.807) is 0 Å². The smallest absolute Gasteiger partial charge is 0.313 e. The van der Waals surface area contributed by atoms with E-state index in [1.807, 2.05) is 12.2 Å². The number of unbranched alkanes of at least 4 members (excludes halogenated alkanes) is 10. The van der Waals surface area contributed by atoms with Gasteiger partial charge >= 0.3 is 11.9 Å². The van der Waals surface area contributed by atoms with Gasteiger partial charge in [-0.3, -0.25) is 9.59 Å². The van der Waals surface area contributed by atoms with Crippen LogP contribution in [0.15, 0.2) is 12.2 Å². The summed E-state index contributed by atoms with van der Waals surface area (Å²) in [6, 6.07) is 0. The molecule has 0 aromatic heterocycles. The van der Waals surface area contributed by atoms with Gasteiger partial charge in [-0.1, -0.05) is 111 Å². The number of allylic oxidation sites excluding steroid dienone is 1. The van der Waals surface area contributed by atoms with Crippen LogP contribution in [0.4, 0.5) is 0 Å². The molecule has 0 amide bonds. The lowest BCUT2D eigenvalue weighted by Crippen LogP contribution is -2.33. The van der Waals surface area contributed by atoms with Gasteiger partial charge in [0.1, 0.15) is 0 Å². The molecule has 0 aliphatic heterocycles. The van der Waals surface area contributed by atoms with E-state index in [0.29, 0.717) is 25.6 Å². The van der Waals surface area contributed by atoms with Crippen LogP contribution in [-0.2, 0) is 19.1 Å². The molecule has 0 bridgehead atoms. The molecule has 0 aromatic rings. The van der Waals surface area contributed by atoms with Crippen molar-refractivity contribution in [3.63, 3.8) is 0 Å². The SMILES string of the molecule is CCCCCCCCCCCCCOC(=O)C1CCC=CC1C(=O)OCCC(C)CC(C)(C)C. The molecule has 0 spiro atoms. The van der Waals surface area contributed by atoms with Crippen molar-refractivity contribution in [1.29, 1.82) is 0 Å². The quantitative estimate of drug-likeness (QED) is 0.113. The van der Waals surface area contributed by atoms with E-state index in [0.717, 1.165) is 32.1 Å². The molecule has 1 aliphatic carbocycles. The van der Waals surface area contributed by atoms with E-state index < -0.39 is 11.8 Å². The van der Waals surface area contributed by atoms with Crippen LogP contribution in [-0.4, -0.2) is 25.2 Å². The Balaban J connectivity index is 2.20. The number of hydrogen-bond donors (Lipinski definition) is 0. The third-order valence-corrected chi connectivity index (χ3v) is 6.80. The average molecular weight is 479 g/mol. The molecule has 3 atom stereocenters. The van der Waals surface area contributed by atoms with Crippen molar-refractivity contribution >= 4 is 11.9 Å². The van der Waals surface area contributed by atoms with Gasteiger partial charge in [0.25, 0.3) is 0 Å². The second-order valence-electron chi connectivity index (χ2n) is 11.7. The van der Waals surface area contributed by atoms with E-state index in [4.69, 9.17) is 9.47 Å². The lowest BCUT2D eigenvalue weighted by atomic mass is 9.83. The Morgan fingerprint density at radius 1 is 0.853 bits per heavy atom. The molecular formula is C30H54O4. The highest BCUT2D eigenvalue weighted by Gasteiger charge is 2.35. The predicted molar refractivity (Wildman–Crippen MR) is 142 cm³/mol. The summed E-state index contributed by atoms with van der Waals surface area (Å²) in [5.74, 6) is -0.926. The molecule has 198 valence electrons. The minimum atomic E-state index is -0.503. The Morgan fingerprint density at radius 3 is 2.00 bits per heavy atom. The van der Waals surface area contributed by atoms with Gasteiger partial charge in [0.2, 0.25) is 0 Å². The van der Waals surface area contributed by atoms with Crippen LogP contribution in [0.3, 0.4) is 0 Å². The van der Waals surface area contributed by atoms with Crippen molar-refractivity contribution in [2.45, 2.75) is 131 Å². The normalized spacial score (nSPS) is 19.1. The zero-order valence-corrected chi connectivity index (χ0v) is 23.0. The highest BCUT2D eigenvalue weighted by Crippen LogP contribution is 2.29. The van der Waals surface area contributed by atoms with Gasteiger partial charge in [-0.05, 0) is 43.4 Å². The molecule has 4 nitrogen and oxygen atoms in total. The third kappa shape index (κ3) is 14.8. The predicted octanol–water partition coefficient (Wildman–Crippen LogP) is 8.43. The summed E-state index contributed by atoms with van der Waals surface area (Å²) in [5.41, 5.74) is 0.276. The summed E-state index contributed by atoms with van der Waals surface area (Å²) in [6.07, 6.45) is 21.2. The number of esters is 2. The van der Waals surface area contributed by atoms with E-state index >= 15 is 0 Å². The van der Waals surface area contributed by atoms with Gasteiger partial charge in [0.15, 0.2) is 0 Å². The van der Waals surface area contributed by atoms with Crippen molar-refractivity contribution in [2.24, 2.45) is 23.2 Å². The molecule has 0 aromatic carbocycles. The van der Waals surface area contributed by atoms with E-state index in [9.17, 15) is 9.59 Å². The van der Waals surface area contributed by atoms with Crippen molar-refractivity contribution in [1.82, 2.24) is 0 Å². The van der Waals surface area contributed by atoms with Gasteiger partial charge in [-0.2, -0.15) is 0 Å². The van der Waals surface area contributed by atoms with E-state index in [-0.39, 0.29) is 17.4 Å². The maximum atomic E-state index is 12.7. The first-order chi connectivity index (χ1) is 16.2. The highest BCUT2D eigenvalue weighted by molar-refractivity contribution is 5.83. The van der Waals surface area contributed by atoms with Gasteiger partial charge in [-0.15, -0.1) is 0 Å². The molecule has 0 heterocycles. The van der Waals surface area contributed by atoms with Crippen LogP contribution in [0, 0.1) is 23.2 Å². The molecule has 4 heteroatoms. The summed E-state index contributed by atoms with van der Waals surface area (Å²) in [7, 11) is 0. The molecule has 0 N–H and O–H groups in total. The number of carbonyl (C=O) groups excluding carboxylic acids is 2. The van der Waals surface area contributed by atoms with Crippen LogP contribution in [0.5, 0.6) is 0 Å². The number of carbonyl (C=O) groups is 2. The topological polar surface area (TPSA) is 52.6 Å². The second-order valence-corrected chi connectivity index (χ2v) is 11.7. The minimum absolute atomic E-state index is 0.237. The maximum absolute atomic E-state index is 12.7. The summed E-state index contributed by atoms with van der Waals surface area (Å²) < 4.78 is 11.1. The van der Waals surface area contributed by atoms with Crippen molar-refractivity contribution < 1.29 is 19.1 Å². The van der Waals surface area contributed by atoms with E-state index in [2.05, 4.69) is 34.6 Å². The Hall–Kier alpha value is -1.32. The van der Waals surface area contributed by atoms with Crippen LogP contribution < -0.4 is 0 Å². The summed E-state index contributed by atoms with van der Waals surface area (Å²) in [6.45, 7) is 12.0. The zero-order chi connectivity index (χ0) is 25.2. The van der Waals surface area contributed by atoms with Crippen molar-refractivity contribution in [3.05, 3.63) is 12.2 Å². The molecular weight excluding hydrogens is 424 g/mol. The van der Waals surface area contributed by atoms with Gasteiger partial charge < -0.3 is 9.47 Å². The fraction of sp³-hybridized carbons (Fsp3) is 0.867. The zero-order valence-electron chi connectivity index (χ0n) is 23.0. The average Bonchev–Trinajstić information content (AvgIpc) is 2.78. The third-order valence-electron chi connectivity index (χ3n) is 6.80. The number of hydrogen-bond acceptors (Lipinski definition) is 4. The fourth-order valence-corrected chi connectivity index (χ4v) is 4.99. The Morgan fingerprint density at radius 2 is 1.41 bits per heavy atom. The highest BCUT2D eigenvalue weighted by atomic mass is 16.5. The minimum Gasteiger partial charge on any atom is -0.465 e. The first-order valence-electron chi connectivity index (χ1n) is 14.2. The first-order valence-corrected chi connectivity index (χ1v) is 14.2. The second kappa shape index (κ2) is 18.0. The first kappa shape index (κ1) is 30.7. The molecule has 0 radical (unpaired) electrons. The fourth-order valence-electron chi connectivity index (χ4n) is 4.99. The monoisotopic (exact) mass is 478 g/mol. The number of ether oxygens (including phenoxy) is 2. The van der Waals surface area contributed by atoms with Crippen molar-refractivity contribution in [2.75, 3.05) is 13.2 Å². The van der Waals surface area contributed by atoms with Gasteiger partial charge in [-0.25, -0.2) is 0 Å². The number of rotatable bonds is 18. The molecule has 1 aliphatic rings. The molecule has 0 saturated heterocycles. The Kier molecular flexibility index (Phi) is 16.3. The van der Waals surface area contributed by atoms with Crippen LogP contribution in [0.1, 0.15) is 131 Å². The molecule has 3 unspecified atom stereocenters. The van der Waals surface area contributed by atoms with Crippen LogP contribution in [0.25, 0.3) is 0 Å². The summed E-state index contributed by atoms with van der Waals surface area (Å²) in [5, 5.41) is 0. The van der Waals surface area contributed by atoms with Crippen LogP contribution >= 0.6 is 0 Å². The molecule has 0 saturated carbocycles. The summed E-state index contributed by atoms with van der Waals surface area (Å²) in [4.78, 5) is 25.3. The van der Waals surface area contributed by atoms with Crippen molar-refractivity contribution in [3.8, 4) is 0 Å². The van der Waals surface area contributed by atoms with Gasteiger partial charge in [0, 0.05) is 0 Å².